The van der Waals surface area contributed by atoms with Gasteiger partial charge in [0.1, 0.15) is 0 Å². The molecule has 1 N–H and O–H groups in total. The van der Waals surface area contributed by atoms with Crippen LogP contribution in [0.3, 0.4) is 0 Å². The SMILES string of the molecule is CCc1noc(NC(C)C)n1. The summed E-state index contributed by atoms with van der Waals surface area (Å²) in [7, 11) is 0. The van der Waals surface area contributed by atoms with Gasteiger partial charge in [0.15, 0.2) is 5.82 Å². The summed E-state index contributed by atoms with van der Waals surface area (Å²) >= 11 is 0. The van der Waals surface area contributed by atoms with Gasteiger partial charge in [-0.05, 0) is 13.8 Å². The number of aromatic nitrogens is 2. The maximum Gasteiger partial charge on any atom is 0.321 e. The smallest absolute Gasteiger partial charge is 0.321 e. The summed E-state index contributed by atoms with van der Waals surface area (Å²) in [5, 5.41) is 6.76. The monoisotopic (exact) mass is 155 g/mol. The summed E-state index contributed by atoms with van der Waals surface area (Å²) in [6.45, 7) is 6.04. The zero-order chi connectivity index (χ0) is 8.27. The molecule has 0 aliphatic heterocycles. The minimum atomic E-state index is 0.333. The first-order valence-corrected chi connectivity index (χ1v) is 3.81. The maximum absolute atomic E-state index is 4.89. The summed E-state index contributed by atoms with van der Waals surface area (Å²) in [5.74, 6) is 0.744. The van der Waals surface area contributed by atoms with Gasteiger partial charge in [-0.3, -0.25) is 0 Å². The second-order valence-corrected chi connectivity index (χ2v) is 2.67. The van der Waals surface area contributed by atoms with Crippen LogP contribution in [-0.4, -0.2) is 16.2 Å². The second kappa shape index (κ2) is 3.37. The lowest BCUT2D eigenvalue weighted by atomic mass is 10.4. The van der Waals surface area contributed by atoms with Gasteiger partial charge in [0.2, 0.25) is 0 Å². The highest BCUT2D eigenvalue weighted by molar-refractivity contribution is 5.19. The van der Waals surface area contributed by atoms with Crippen molar-refractivity contribution < 1.29 is 4.52 Å². The molecule has 0 aromatic carbocycles. The van der Waals surface area contributed by atoms with Crippen molar-refractivity contribution in [2.45, 2.75) is 33.2 Å². The Kier molecular flexibility index (Phi) is 2.46. The van der Waals surface area contributed by atoms with Crippen LogP contribution in [0.5, 0.6) is 0 Å². The molecule has 0 unspecified atom stereocenters. The van der Waals surface area contributed by atoms with Crippen molar-refractivity contribution in [1.82, 2.24) is 10.1 Å². The first-order valence-electron chi connectivity index (χ1n) is 3.81. The van der Waals surface area contributed by atoms with Gasteiger partial charge in [-0.2, -0.15) is 4.98 Å². The fraction of sp³-hybridized carbons (Fsp3) is 0.714. The standard InChI is InChI=1S/C7H13N3O/c1-4-6-9-7(11-10-6)8-5(2)3/h5H,4H2,1-3H3,(H,8,9,10). The molecular weight excluding hydrogens is 142 g/mol. The molecule has 0 radical (unpaired) electrons. The number of aryl methyl sites for hydroxylation is 1. The summed E-state index contributed by atoms with van der Waals surface area (Å²) in [4.78, 5) is 4.08. The van der Waals surface area contributed by atoms with E-state index >= 15 is 0 Å². The predicted molar refractivity (Wildman–Crippen MR) is 42.4 cm³/mol. The highest BCUT2D eigenvalue weighted by Crippen LogP contribution is 2.04. The summed E-state index contributed by atoms with van der Waals surface area (Å²) in [5.41, 5.74) is 0. The maximum atomic E-state index is 4.89. The molecule has 4 heteroatoms. The Labute approximate surface area is 66.0 Å². The van der Waals surface area contributed by atoms with Crippen LogP contribution in [0.25, 0.3) is 0 Å². The molecule has 1 heterocycles. The third-order valence-corrected chi connectivity index (χ3v) is 1.20. The molecule has 0 saturated heterocycles. The van der Waals surface area contributed by atoms with Gasteiger partial charge in [-0.15, -0.1) is 0 Å². The van der Waals surface area contributed by atoms with Crippen LogP contribution in [0.4, 0.5) is 6.01 Å². The summed E-state index contributed by atoms with van der Waals surface area (Å²) in [6.07, 6.45) is 0.809. The number of hydrogen-bond acceptors (Lipinski definition) is 4. The van der Waals surface area contributed by atoms with Crippen molar-refractivity contribution in [2.24, 2.45) is 0 Å². The van der Waals surface area contributed by atoms with E-state index in [-0.39, 0.29) is 0 Å². The number of rotatable bonds is 3. The minimum absolute atomic E-state index is 0.333. The molecule has 1 aromatic heterocycles. The van der Waals surface area contributed by atoms with Crippen molar-refractivity contribution in [3.05, 3.63) is 5.82 Å². The number of anilines is 1. The summed E-state index contributed by atoms with van der Waals surface area (Å²) < 4.78 is 4.89. The fourth-order valence-corrected chi connectivity index (χ4v) is 0.703. The first kappa shape index (κ1) is 8.04. The fourth-order valence-electron chi connectivity index (χ4n) is 0.703. The van der Waals surface area contributed by atoms with Gasteiger partial charge < -0.3 is 9.84 Å². The van der Waals surface area contributed by atoms with E-state index in [1.165, 1.54) is 0 Å². The molecule has 0 atom stereocenters. The van der Waals surface area contributed by atoms with Gasteiger partial charge in [0, 0.05) is 12.5 Å². The Hall–Kier alpha value is -1.06. The van der Waals surface area contributed by atoms with E-state index < -0.39 is 0 Å². The molecule has 0 amide bonds. The molecule has 4 nitrogen and oxygen atoms in total. The van der Waals surface area contributed by atoms with E-state index in [2.05, 4.69) is 15.5 Å². The molecular formula is C7H13N3O. The van der Waals surface area contributed by atoms with Gasteiger partial charge in [-0.1, -0.05) is 12.1 Å². The predicted octanol–water partition coefficient (Wildman–Crippen LogP) is 1.45. The zero-order valence-electron chi connectivity index (χ0n) is 7.09. The largest absolute Gasteiger partial charge is 0.336 e. The topological polar surface area (TPSA) is 51.0 Å². The molecule has 0 aliphatic carbocycles. The van der Waals surface area contributed by atoms with Gasteiger partial charge in [0.05, 0.1) is 0 Å². The third kappa shape index (κ3) is 2.22. The molecule has 0 aliphatic rings. The average molecular weight is 155 g/mol. The molecule has 0 spiro atoms. The minimum Gasteiger partial charge on any atom is -0.336 e. The first-order chi connectivity index (χ1) is 5.22. The van der Waals surface area contributed by atoms with Crippen molar-refractivity contribution in [2.75, 3.05) is 5.32 Å². The molecule has 0 fully saturated rings. The highest BCUT2D eigenvalue weighted by atomic mass is 16.5. The number of hydrogen-bond donors (Lipinski definition) is 1. The van der Waals surface area contributed by atoms with Crippen LogP contribution in [0.2, 0.25) is 0 Å². The summed E-state index contributed by atoms with van der Waals surface area (Å²) in [6, 6.07) is 0.844. The van der Waals surface area contributed by atoms with E-state index in [1.54, 1.807) is 0 Å². The van der Waals surface area contributed by atoms with Crippen LogP contribution < -0.4 is 5.32 Å². The Balaban J connectivity index is 2.58. The average Bonchev–Trinajstić information content (AvgIpc) is 2.34. The van der Waals surface area contributed by atoms with Crippen LogP contribution in [0.15, 0.2) is 4.52 Å². The van der Waals surface area contributed by atoms with Crippen LogP contribution >= 0.6 is 0 Å². The van der Waals surface area contributed by atoms with Crippen LogP contribution in [0.1, 0.15) is 26.6 Å². The van der Waals surface area contributed by atoms with Gasteiger partial charge in [0.25, 0.3) is 0 Å². The normalized spacial score (nSPS) is 10.5. The number of nitrogens with one attached hydrogen (secondary N) is 1. The van der Waals surface area contributed by atoms with Crippen molar-refractivity contribution in [1.29, 1.82) is 0 Å². The Morgan fingerprint density at radius 3 is 2.73 bits per heavy atom. The van der Waals surface area contributed by atoms with Gasteiger partial charge in [-0.25, -0.2) is 0 Å². The van der Waals surface area contributed by atoms with E-state index in [0.717, 1.165) is 12.2 Å². The Morgan fingerprint density at radius 1 is 1.55 bits per heavy atom. The molecule has 1 rings (SSSR count). The lowest BCUT2D eigenvalue weighted by molar-refractivity contribution is 0.421. The van der Waals surface area contributed by atoms with E-state index in [1.807, 2.05) is 20.8 Å². The van der Waals surface area contributed by atoms with E-state index in [0.29, 0.717) is 12.1 Å². The van der Waals surface area contributed by atoms with Crippen LogP contribution in [-0.2, 0) is 6.42 Å². The van der Waals surface area contributed by atoms with Gasteiger partial charge >= 0.3 is 6.01 Å². The van der Waals surface area contributed by atoms with Crippen molar-refractivity contribution in [3.63, 3.8) is 0 Å². The quantitative estimate of drug-likeness (QED) is 0.717. The van der Waals surface area contributed by atoms with E-state index in [9.17, 15) is 0 Å². The Morgan fingerprint density at radius 2 is 2.27 bits per heavy atom. The van der Waals surface area contributed by atoms with E-state index in [4.69, 9.17) is 4.52 Å². The highest BCUT2D eigenvalue weighted by Gasteiger charge is 2.03. The van der Waals surface area contributed by atoms with Crippen molar-refractivity contribution >= 4 is 6.01 Å². The molecule has 0 bridgehead atoms. The van der Waals surface area contributed by atoms with Crippen LogP contribution in [0, 0.1) is 0 Å². The third-order valence-electron chi connectivity index (χ3n) is 1.20. The number of nitrogens with zero attached hydrogens (tertiary/aromatic N) is 2. The molecule has 62 valence electrons. The lowest BCUT2D eigenvalue weighted by Crippen LogP contribution is -2.09. The lowest BCUT2D eigenvalue weighted by Gasteiger charge is -2.01. The molecule has 1 aromatic rings. The Bertz CT molecular complexity index is 219. The molecule has 11 heavy (non-hydrogen) atoms. The second-order valence-electron chi connectivity index (χ2n) is 2.67. The molecule has 0 saturated carbocycles. The van der Waals surface area contributed by atoms with Crippen molar-refractivity contribution in [3.8, 4) is 0 Å². The zero-order valence-corrected chi connectivity index (χ0v) is 7.09.